The first-order valence-electron chi connectivity index (χ1n) is 8.84. The van der Waals surface area contributed by atoms with E-state index in [0.29, 0.717) is 6.42 Å². The Bertz CT molecular complexity index is 921. The summed E-state index contributed by atoms with van der Waals surface area (Å²) in [6, 6.07) is 25.1. The summed E-state index contributed by atoms with van der Waals surface area (Å²) >= 11 is 0. The normalized spacial score (nSPS) is 15.7. The van der Waals surface area contributed by atoms with Crippen LogP contribution in [0.4, 0.5) is 0 Å². The molecular weight excluding hydrogens is 304 g/mol. The van der Waals surface area contributed by atoms with E-state index < -0.39 is 0 Å². The van der Waals surface area contributed by atoms with Crippen LogP contribution < -0.4 is 0 Å². The first-order chi connectivity index (χ1) is 12.0. The molecule has 0 unspecified atom stereocenters. The number of ketones is 1. The zero-order valence-electron chi connectivity index (χ0n) is 14.8. The Morgan fingerprint density at radius 1 is 0.720 bits per heavy atom. The third kappa shape index (κ3) is 3.02. The van der Waals surface area contributed by atoms with Crippen molar-refractivity contribution < 1.29 is 4.79 Å². The number of rotatable bonds is 2. The predicted molar refractivity (Wildman–Crippen MR) is 104 cm³/mol. The summed E-state index contributed by atoms with van der Waals surface area (Å²) in [5, 5.41) is 0. The number of benzene rings is 3. The molecule has 124 valence electrons. The number of Topliss-reactive ketones (excluding diaryl/α,β-unsaturated/α-hetero) is 1. The highest BCUT2D eigenvalue weighted by Gasteiger charge is 2.33. The first kappa shape index (κ1) is 15.8. The quantitative estimate of drug-likeness (QED) is 0.550. The molecule has 1 heteroatoms. The zero-order valence-corrected chi connectivity index (χ0v) is 14.8. The molecule has 0 bridgehead atoms. The molecule has 4 rings (SSSR count). The Kier molecular flexibility index (Phi) is 3.80. The Morgan fingerprint density at radius 2 is 1.32 bits per heavy atom. The Labute approximate surface area is 149 Å². The second-order valence-corrected chi connectivity index (χ2v) is 7.73. The summed E-state index contributed by atoms with van der Waals surface area (Å²) in [5.74, 6) is 0.268. The van der Waals surface area contributed by atoms with Crippen LogP contribution in [0.1, 0.15) is 36.2 Å². The van der Waals surface area contributed by atoms with Crippen molar-refractivity contribution >= 4 is 5.78 Å². The van der Waals surface area contributed by atoms with Gasteiger partial charge in [-0.15, -0.1) is 0 Å². The van der Waals surface area contributed by atoms with Gasteiger partial charge in [-0.3, -0.25) is 4.79 Å². The monoisotopic (exact) mass is 326 g/mol. The minimum Gasteiger partial charge on any atom is -0.294 e. The van der Waals surface area contributed by atoms with Crippen molar-refractivity contribution in [2.75, 3.05) is 0 Å². The van der Waals surface area contributed by atoms with Crippen LogP contribution in [0, 0.1) is 5.41 Å². The summed E-state index contributed by atoms with van der Waals surface area (Å²) in [6.07, 6.45) is 1.55. The third-order valence-electron chi connectivity index (χ3n) is 5.00. The van der Waals surface area contributed by atoms with Crippen LogP contribution in [0.3, 0.4) is 0 Å². The van der Waals surface area contributed by atoms with E-state index in [2.05, 4.69) is 62.4 Å². The van der Waals surface area contributed by atoms with E-state index in [0.717, 1.165) is 23.1 Å². The Morgan fingerprint density at radius 3 is 1.96 bits per heavy atom. The van der Waals surface area contributed by atoms with Crippen molar-refractivity contribution in [2.24, 2.45) is 5.41 Å². The van der Waals surface area contributed by atoms with Gasteiger partial charge in [0.1, 0.15) is 0 Å². The summed E-state index contributed by atoms with van der Waals surface area (Å²) in [5.41, 5.74) is 6.68. The lowest BCUT2D eigenvalue weighted by Gasteiger charge is -2.32. The molecule has 0 aliphatic heterocycles. The van der Waals surface area contributed by atoms with E-state index in [-0.39, 0.29) is 11.2 Å². The maximum Gasteiger partial charge on any atom is 0.164 e. The highest BCUT2D eigenvalue weighted by molar-refractivity contribution is 6.06. The zero-order chi connectivity index (χ0) is 17.4. The Balaban J connectivity index is 1.98. The number of fused-ring (bicyclic) bond motifs is 1. The van der Waals surface area contributed by atoms with Gasteiger partial charge in [0.15, 0.2) is 5.78 Å². The van der Waals surface area contributed by atoms with Crippen molar-refractivity contribution in [2.45, 2.75) is 26.7 Å². The number of carbonyl (C=O) groups excluding carboxylic acids is 1. The highest BCUT2D eigenvalue weighted by Crippen LogP contribution is 2.41. The second kappa shape index (κ2) is 6.00. The topological polar surface area (TPSA) is 17.1 Å². The van der Waals surface area contributed by atoms with Gasteiger partial charge in [0.05, 0.1) is 0 Å². The molecule has 0 fully saturated rings. The number of hydrogen-bond donors (Lipinski definition) is 0. The molecule has 1 aliphatic carbocycles. The number of carbonyl (C=O) groups is 1. The van der Waals surface area contributed by atoms with Gasteiger partial charge < -0.3 is 0 Å². The summed E-state index contributed by atoms with van der Waals surface area (Å²) in [7, 11) is 0. The number of hydrogen-bond acceptors (Lipinski definition) is 1. The van der Waals surface area contributed by atoms with Crippen LogP contribution in [0.5, 0.6) is 0 Å². The maximum atomic E-state index is 12.9. The van der Waals surface area contributed by atoms with Crippen LogP contribution in [-0.4, -0.2) is 5.78 Å². The van der Waals surface area contributed by atoms with Crippen LogP contribution in [0.2, 0.25) is 0 Å². The van der Waals surface area contributed by atoms with Gasteiger partial charge >= 0.3 is 0 Å². The molecule has 0 saturated carbocycles. The summed E-state index contributed by atoms with van der Waals surface area (Å²) in [4.78, 5) is 12.9. The van der Waals surface area contributed by atoms with E-state index >= 15 is 0 Å². The SMILES string of the molecule is CC1(C)CC(=O)c2c(cc(-c3ccccc3)cc2-c2ccccc2)C1. The summed E-state index contributed by atoms with van der Waals surface area (Å²) < 4.78 is 0. The molecule has 0 radical (unpaired) electrons. The second-order valence-electron chi connectivity index (χ2n) is 7.73. The molecule has 1 aliphatic rings. The molecule has 0 spiro atoms. The molecule has 0 N–H and O–H groups in total. The molecular formula is C24H22O. The van der Waals surface area contributed by atoms with Crippen molar-refractivity contribution in [3.05, 3.63) is 83.9 Å². The molecule has 3 aromatic carbocycles. The van der Waals surface area contributed by atoms with Crippen LogP contribution >= 0.6 is 0 Å². The predicted octanol–water partition coefficient (Wildman–Crippen LogP) is 6.18. The minimum absolute atomic E-state index is 0.0212. The molecule has 25 heavy (non-hydrogen) atoms. The van der Waals surface area contributed by atoms with E-state index in [1.807, 2.05) is 24.3 Å². The van der Waals surface area contributed by atoms with Gasteiger partial charge in [0.2, 0.25) is 0 Å². The van der Waals surface area contributed by atoms with Gasteiger partial charge in [0.25, 0.3) is 0 Å². The van der Waals surface area contributed by atoms with E-state index in [4.69, 9.17) is 0 Å². The lowest BCUT2D eigenvalue weighted by molar-refractivity contribution is 0.0913. The molecule has 0 amide bonds. The van der Waals surface area contributed by atoms with Gasteiger partial charge in [-0.05, 0) is 45.7 Å². The fourth-order valence-corrected chi connectivity index (χ4v) is 3.91. The lowest BCUT2D eigenvalue weighted by Crippen LogP contribution is -2.27. The van der Waals surface area contributed by atoms with Gasteiger partial charge in [-0.25, -0.2) is 0 Å². The van der Waals surface area contributed by atoms with E-state index in [1.165, 1.54) is 16.7 Å². The fraction of sp³-hybridized carbons (Fsp3) is 0.208. The average Bonchev–Trinajstić information content (AvgIpc) is 2.61. The molecule has 0 aromatic heterocycles. The van der Waals surface area contributed by atoms with Gasteiger partial charge in [0, 0.05) is 12.0 Å². The molecule has 0 heterocycles. The van der Waals surface area contributed by atoms with Crippen molar-refractivity contribution in [3.63, 3.8) is 0 Å². The van der Waals surface area contributed by atoms with E-state index in [1.54, 1.807) is 0 Å². The highest BCUT2D eigenvalue weighted by atomic mass is 16.1. The largest absolute Gasteiger partial charge is 0.294 e. The molecule has 3 aromatic rings. The van der Waals surface area contributed by atoms with E-state index in [9.17, 15) is 4.79 Å². The van der Waals surface area contributed by atoms with Gasteiger partial charge in [-0.1, -0.05) is 80.6 Å². The van der Waals surface area contributed by atoms with Crippen molar-refractivity contribution in [1.82, 2.24) is 0 Å². The Hall–Kier alpha value is -2.67. The standard InChI is InChI=1S/C24H22O/c1-24(2)15-20-13-19(17-9-5-3-6-10-17)14-21(23(20)22(25)16-24)18-11-7-4-8-12-18/h3-14H,15-16H2,1-2H3. The molecule has 0 atom stereocenters. The smallest absolute Gasteiger partial charge is 0.164 e. The van der Waals surface area contributed by atoms with Crippen LogP contribution in [0.25, 0.3) is 22.3 Å². The van der Waals surface area contributed by atoms with Crippen LogP contribution in [0.15, 0.2) is 72.8 Å². The fourth-order valence-electron chi connectivity index (χ4n) is 3.91. The van der Waals surface area contributed by atoms with Gasteiger partial charge in [-0.2, -0.15) is 0 Å². The molecule has 1 nitrogen and oxygen atoms in total. The van der Waals surface area contributed by atoms with Crippen molar-refractivity contribution in [3.8, 4) is 22.3 Å². The summed E-state index contributed by atoms with van der Waals surface area (Å²) in [6.45, 7) is 4.37. The third-order valence-corrected chi connectivity index (χ3v) is 5.00. The maximum absolute atomic E-state index is 12.9. The average molecular weight is 326 g/mol. The lowest BCUT2D eigenvalue weighted by atomic mass is 9.71. The first-order valence-corrected chi connectivity index (χ1v) is 8.84. The van der Waals surface area contributed by atoms with Crippen LogP contribution in [-0.2, 0) is 6.42 Å². The molecule has 0 saturated heterocycles. The van der Waals surface area contributed by atoms with Crippen molar-refractivity contribution in [1.29, 1.82) is 0 Å². The minimum atomic E-state index is 0.0212.